The van der Waals surface area contributed by atoms with Gasteiger partial charge in [0.2, 0.25) is 0 Å². The van der Waals surface area contributed by atoms with Crippen molar-refractivity contribution in [3.63, 3.8) is 0 Å². The molecule has 4 nitrogen and oxygen atoms in total. The number of aromatic carboxylic acids is 2. The van der Waals surface area contributed by atoms with Crippen molar-refractivity contribution in [1.29, 1.82) is 0 Å². The molecule has 4 rings (SSSR count). The zero-order valence-corrected chi connectivity index (χ0v) is 24.3. The molecule has 2 aromatic carbocycles. The average molecular weight is 576 g/mol. The topological polar surface area (TPSA) is 80.3 Å². The first kappa shape index (κ1) is 30.4. The molecular weight excluding hydrogens is 540 g/mol. The molecule has 0 N–H and O–H groups in total. The van der Waals surface area contributed by atoms with E-state index in [9.17, 15) is 19.8 Å². The van der Waals surface area contributed by atoms with E-state index < -0.39 is 35.2 Å². The van der Waals surface area contributed by atoms with Crippen molar-refractivity contribution in [1.82, 2.24) is 0 Å². The van der Waals surface area contributed by atoms with Crippen LogP contribution in [0.25, 0.3) is 0 Å². The number of allylic oxidation sites excluding steroid dienone is 8. The van der Waals surface area contributed by atoms with E-state index in [1.807, 2.05) is 6.56 Å². The van der Waals surface area contributed by atoms with Crippen LogP contribution in [-0.4, -0.2) is 11.9 Å². The second-order valence-electron chi connectivity index (χ2n) is 8.86. The Balaban J connectivity index is 0.000000222. The van der Waals surface area contributed by atoms with Gasteiger partial charge in [0.15, 0.2) is 0 Å². The molecular formula is C32H36O4Zr. The van der Waals surface area contributed by atoms with Crippen LogP contribution < -0.4 is 10.2 Å². The summed E-state index contributed by atoms with van der Waals surface area (Å²) in [6.45, 7) is 4.59. The first-order chi connectivity index (χ1) is 18.0. The number of carbonyl (C=O) groups is 2. The summed E-state index contributed by atoms with van der Waals surface area (Å²) in [5.41, 5.74) is 3.86. The first-order valence-corrected chi connectivity index (χ1v) is 15.5. The predicted molar refractivity (Wildman–Crippen MR) is 142 cm³/mol. The van der Waals surface area contributed by atoms with E-state index in [1.165, 1.54) is 75.6 Å². The SMILES string of the molecule is CCCCC1=[C]([Zr+2][C]2=C(CCCC)C=CC2)CC=C1.O=C([O-])c1ccccc1.O=C([O-])c1ccccc1. The predicted octanol–water partition coefficient (Wildman–Crippen LogP) is 5.98. The Morgan fingerprint density at radius 2 is 1.05 bits per heavy atom. The molecule has 5 heteroatoms. The Bertz CT molecular complexity index is 1020. The van der Waals surface area contributed by atoms with Gasteiger partial charge in [-0.25, -0.2) is 0 Å². The largest absolute Gasteiger partial charge is 0.545 e. The van der Waals surface area contributed by atoms with Gasteiger partial charge < -0.3 is 19.8 Å². The normalized spacial score (nSPS) is 13.5. The molecule has 0 fully saturated rings. The molecule has 0 bridgehead atoms. The van der Waals surface area contributed by atoms with Crippen LogP contribution in [0.15, 0.2) is 103 Å². The molecule has 37 heavy (non-hydrogen) atoms. The van der Waals surface area contributed by atoms with Gasteiger partial charge in [0.1, 0.15) is 0 Å². The van der Waals surface area contributed by atoms with Gasteiger partial charge in [0.25, 0.3) is 0 Å². The zero-order chi connectivity index (χ0) is 26.9. The number of unbranched alkanes of at least 4 members (excludes halogenated alkanes) is 2. The van der Waals surface area contributed by atoms with Gasteiger partial charge in [0, 0.05) is 0 Å². The maximum atomic E-state index is 10.1. The molecule has 2 aliphatic carbocycles. The van der Waals surface area contributed by atoms with Crippen molar-refractivity contribution < 1.29 is 43.0 Å². The molecule has 192 valence electrons. The Morgan fingerprint density at radius 1 is 0.676 bits per heavy atom. The standard InChI is InChI=1S/2C9H13.2C7H6O2.Zr/c2*1-2-3-6-9-7-4-5-8-9;2*8-7(9)6-4-2-1-3-5-6;/h2*4,7H,2-3,5-6H2,1H3;2*1-5H,(H,8,9);/q;;;;+2/p-2. The summed E-state index contributed by atoms with van der Waals surface area (Å²) in [7, 11) is 0. The van der Waals surface area contributed by atoms with E-state index in [4.69, 9.17) is 0 Å². The minimum Gasteiger partial charge on any atom is -0.545 e. The fraction of sp³-hybridized carbons (Fsp3) is 0.312. The van der Waals surface area contributed by atoms with E-state index in [-0.39, 0.29) is 11.1 Å². The van der Waals surface area contributed by atoms with Crippen LogP contribution in [0.3, 0.4) is 0 Å². The molecule has 0 saturated carbocycles. The fourth-order valence-corrected chi connectivity index (χ4v) is 7.69. The van der Waals surface area contributed by atoms with Crippen molar-refractivity contribution in [3.8, 4) is 0 Å². The molecule has 0 atom stereocenters. The summed E-state index contributed by atoms with van der Waals surface area (Å²) < 4.78 is 3.73. The summed E-state index contributed by atoms with van der Waals surface area (Å²) in [5, 5.41) is 20.2. The van der Waals surface area contributed by atoms with E-state index in [0.29, 0.717) is 0 Å². The van der Waals surface area contributed by atoms with E-state index >= 15 is 0 Å². The third-order valence-electron chi connectivity index (χ3n) is 5.98. The van der Waals surface area contributed by atoms with Gasteiger partial charge in [-0.1, -0.05) is 60.7 Å². The molecule has 2 aromatic rings. The second-order valence-corrected chi connectivity index (χ2v) is 12.4. The number of carboxylic acid groups (broad SMARTS) is 2. The van der Waals surface area contributed by atoms with Gasteiger partial charge >= 0.3 is 130 Å². The molecule has 0 aromatic heterocycles. The van der Waals surface area contributed by atoms with Gasteiger partial charge in [-0.2, -0.15) is 0 Å². The van der Waals surface area contributed by atoms with Gasteiger partial charge in [0.05, 0.1) is 11.9 Å². The molecule has 0 saturated heterocycles. The van der Waals surface area contributed by atoms with E-state index in [2.05, 4.69) is 38.2 Å². The summed E-state index contributed by atoms with van der Waals surface area (Å²) in [5.74, 6) is -2.26. The van der Waals surface area contributed by atoms with E-state index in [1.54, 1.807) is 47.5 Å². The maximum absolute atomic E-state index is 10.1. The number of hydrogen-bond donors (Lipinski definition) is 0. The van der Waals surface area contributed by atoms with Gasteiger partial charge in [-0.3, -0.25) is 0 Å². The Morgan fingerprint density at radius 3 is 1.35 bits per heavy atom. The maximum Gasteiger partial charge on any atom is 0.0715 e. The molecule has 2 aliphatic rings. The van der Waals surface area contributed by atoms with Crippen molar-refractivity contribution >= 4 is 11.9 Å². The minimum atomic E-state index is -1.13. The van der Waals surface area contributed by atoms with Crippen LogP contribution >= 0.6 is 0 Å². The number of carbonyl (C=O) groups excluding carboxylic acids is 2. The second kappa shape index (κ2) is 17.6. The van der Waals surface area contributed by atoms with E-state index in [0.717, 1.165) is 0 Å². The van der Waals surface area contributed by atoms with Crippen molar-refractivity contribution in [2.45, 2.75) is 65.2 Å². The monoisotopic (exact) mass is 574 g/mol. The summed E-state index contributed by atoms with van der Waals surface area (Å²) in [6.07, 6.45) is 20.2. The quantitative estimate of drug-likeness (QED) is 0.349. The van der Waals surface area contributed by atoms with Crippen LogP contribution in [0, 0.1) is 0 Å². The smallest absolute Gasteiger partial charge is 0.0715 e. The minimum absolute atomic E-state index is 0.220. The zero-order valence-electron chi connectivity index (χ0n) is 21.9. The fourth-order valence-electron chi connectivity index (χ4n) is 3.90. The third kappa shape index (κ3) is 11.4. The third-order valence-corrected chi connectivity index (χ3v) is 10.0. The number of benzene rings is 2. The molecule has 0 spiro atoms. The summed E-state index contributed by atoms with van der Waals surface area (Å²) in [4.78, 5) is 20.2. The molecule has 0 amide bonds. The molecule has 0 heterocycles. The first-order valence-electron chi connectivity index (χ1n) is 13.0. The van der Waals surface area contributed by atoms with Crippen molar-refractivity contribution in [3.05, 3.63) is 114 Å². The Kier molecular flexibility index (Phi) is 14.5. The number of carboxylic acids is 2. The van der Waals surface area contributed by atoms with Crippen molar-refractivity contribution in [2.24, 2.45) is 0 Å². The van der Waals surface area contributed by atoms with Crippen molar-refractivity contribution in [2.75, 3.05) is 0 Å². The van der Waals surface area contributed by atoms with Gasteiger partial charge in [-0.05, 0) is 11.1 Å². The Hall–Kier alpha value is -2.78. The Labute approximate surface area is 233 Å². The van der Waals surface area contributed by atoms with Crippen LogP contribution in [0.5, 0.6) is 0 Å². The van der Waals surface area contributed by atoms with Crippen LogP contribution in [0.4, 0.5) is 0 Å². The van der Waals surface area contributed by atoms with Gasteiger partial charge in [-0.15, -0.1) is 0 Å². The number of hydrogen-bond acceptors (Lipinski definition) is 4. The van der Waals surface area contributed by atoms with Crippen LogP contribution in [0.2, 0.25) is 0 Å². The number of rotatable bonds is 10. The average Bonchev–Trinajstić information content (AvgIpc) is 3.57. The van der Waals surface area contributed by atoms with Crippen LogP contribution in [0.1, 0.15) is 85.9 Å². The summed E-state index contributed by atoms with van der Waals surface area (Å²) in [6, 6.07) is 16.1. The van der Waals surface area contributed by atoms with Crippen LogP contribution in [-0.2, 0) is 23.2 Å². The summed E-state index contributed by atoms with van der Waals surface area (Å²) >= 11 is -0.463. The molecule has 0 radical (unpaired) electrons. The molecule has 0 unspecified atom stereocenters. The molecule has 0 aliphatic heterocycles.